The summed E-state index contributed by atoms with van der Waals surface area (Å²) in [6.45, 7) is 6.18. The van der Waals surface area contributed by atoms with E-state index in [1.54, 1.807) is 0 Å². The van der Waals surface area contributed by atoms with E-state index in [0.29, 0.717) is 5.41 Å². The third-order valence-electron chi connectivity index (χ3n) is 4.40. The van der Waals surface area contributed by atoms with Crippen molar-refractivity contribution in [2.45, 2.75) is 63.7 Å². The van der Waals surface area contributed by atoms with Crippen molar-refractivity contribution in [3.05, 3.63) is 0 Å². The van der Waals surface area contributed by atoms with Gasteiger partial charge in [0.2, 0.25) is 10.0 Å². The molecular formula is C13H26N2O2S. The molecule has 1 heterocycles. The summed E-state index contributed by atoms with van der Waals surface area (Å²) in [5, 5.41) is 3.02. The van der Waals surface area contributed by atoms with Gasteiger partial charge in [-0.05, 0) is 57.0 Å². The Labute approximate surface area is 111 Å². The minimum atomic E-state index is -3.11. The van der Waals surface area contributed by atoms with Crippen molar-refractivity contribution in [1.29, 1.82) is 0 Å². The maximum atomic E-state index is 12.3. The second kappa shape index (κ2) is 5.47. The second-order valence-corrected chi connectivity index (χ2v) is 8.54. The molecule has 0 aromatic rings. The molecule has 2 aliphatic rings. The molecule has 1 saturated carbocycles. The fraction of sp³-hybridized carbons (Fsp3) is 1.00. The van der Waals surface area contributed by atoms with Crippen molar-refractivity contribution in [3.8, 4) is 0 Å². The lowest BCUT2D eigenvalue weighted by Crippen LogP contribution is -2.46. The third-order valence-corrected chi connectivity index (χ3v) is 6.41. The van der Waals surface area contributed by atoms with Gasteiger partial charge in [0.1, 0.15) is 0 Å². The van der Waals surface area contributed by atoms with E-state index < -0.39 is 10.0 Å². The van der Waals surface area contributed by atoms with Crippen molar-refractivity contribution in [3.63, 3.8) is 0 Å². The molecule has 2 fully saturated rings. The summed E-state index contributed by atoms with van der Waals surface area (Å²) in [4.78, 5) is 0. The van der Waals surface area contributed by atoms with Crippen LogP contribution in [0.4, 0.5) is 0 Å². The smallest absolute Gasteiger partial charge is 0.214 e. The summed E-state index contributed by atoms with van der Waals surface area (Å²) in [5.74, 6) is 0. The fourth-order valence-corrected chi connectivity index (χ4v) is 4.70. The van der Waals surface area contributed by atoms with E-state index in [4.69, 9.17) is 0 Å². The number of rotatable bonds is 3. The average Bonchev–Trinajstić information content (AvgIpc) is 2.33. The van der Waals surface area contributed by atoms with Crippen molar-refractivity contribution in [1.82, 2.24) is 10.0 Å². The van der Waals surface area contributed by atoms with Gasteiger partial charge in [-0.3, -0.25) is 0 Å². The Hall–Kier alpha value is -0.130. The number of hydrogen-bond acceptors (Lipinski definition) is 3. The molecule has 106 valence electrons. The van der Waals surface area contributed by atoms with Crippen LogP contribution in [0.2, 0.25) is 0 Å². The SMILES string of the molecule is CC1(C)CCC(NS(=O)(=O)C2CCNCC2)CC1. The molecule has 0 aromatic carbocycles. The zero-order valence-corrected chi connectivity index (χ0v) is 12.4. The summed E-state index contributed by atoms with van der Waals surface area (Å²) in [5.41, 5.74) is 0.386. The van der Waals surface area contributed by atoms with Gasteiger partial charge in [0.25, 0.3) is 0 Å². The van der Waals surface area contributed by atoms with Gasteiger partial charge in [-0.1, -0.05) is 13.8 Å². The van der Waals surface area contributed by atoms with Gasteiger partial charge in [-0.2, -0.15) is 0 Å². The summed E-state index contributed by atoms with van der Waals surface area (Å²) >= 11 is 0. The van der Waals surface area contributed by atoms with E-state index in [9.17, 15) is 8.42 Å². The van der Waals surface area contributed by atoms with E-state index in [2.05, 4.69) is 23.9 Å². The standard InChI is InChI=1S/C13H26N2O2S/c1-13(2)7-3-11(4-8-13)15-18(16,17)12-5-9-14-10-6-12/h11-12,14-15H,3-10H2,1-2H3. The molecule has 0 spiro atoms. The first kappa shape index (κ1) is 14.3. The molecule has 1 saturated heterocycles. The van der Waals surface area contributed by atoms with Gasteiger partial charge < -0.3 is 5.32 Å². The van der Waals surface area contributed by atoms with Gasteiger partial charge in [0.15, 0.2) is 0 Å². The Morgan fingerprint density at radius 3 is 2.17 bits per heavy atom. The topological polar surface area (TPSA) is 58.2 Å². The Morgan fingerprint density at radius 1 is 1.06 bits per heavy atom. The van der Waals surface area contributed by atoms with E-state index >= 15 is 0 Å². The van der Waals surface area contributed by atoms with Crippen molar-refractivity contribution >= 4 is 10.0 Å². The molecule has 18 heavy (non-hydrogen) atoms. The van der Waals surface area contributed by atoms with E-state index in [1.807, 2.05) is 0 Å². The Kier molecular flexibility index (Phi) is 4.34. The van der Waals surface area contributed by atoms with Crippen LogP contribution in [0.1, 0.15) is 52.4 Å². The minimum absolute atomic E-state index is 0.165. The molecule has 1 aliphatic heterocycles. The minimum Gasteiger partial charge on any atom is -0.317 e. The van der Waals surface area contributed by atoms with E-state index in [-0.39, 0.29) is 11.3 Å². The first-order valence-electron chi connectivity index (χ1n) is 7.11. The van der Waals surface area contributed by atoms with Crippen LogP contribution in [0.15, 0.2) is 0 Å². The molecule has 0 unspecified atom stereocenters. The number of piperidine rings is 1. The zero-order chi connectivity index (χ0) is 13.2. The molecule has 2 N–H and O–H groups in total. The van der Waals surface area contributed by atoms with Gasteiger partial charge >= 0.3 is 0 Å². The van der Waals surface area contributed by atoms with Gasteiger partial charge in [-0.15, -0.1) is 0 Å². The molecule has 0 bridgehead atoms. The van der Waals surface area contributed by atoms with Gasteiger partial charge in [-0.25, -0.2) is 13.1 Å². The first-order valence-corrected chi connectivity index (χ1v) is 8.66. The third kappa shape index (κ3) is 3.68. The van der Waals surface area contributed by atoms with E-state index in [0.717, 1.165) is 51.6 Å². The van der Waals surface area contributed by atoms with Crippen molar-refractivity contribution in [2.75, 3.05) is 13.1 Å². The van der Waals surface area contributed by atoms with Crippen LogP contribution in [-0.2, 0) is 10.0 Å². The lowest BCUT2D eigenvalue weighted by molar-refractivity contribution is 0.218. The monoisotopic (exact) mass is 274 g/mol. The molecule has 0 atom stereocenters. The highest BCUT2D eigenvalue weighted by molar-refractivity contribution is 7.90. The van der Waals surface area contributed by atoms with Crippen LogP contribution in [0, 0.1) is 5.41 Å². The molecule has 0 aromatic heterocycles. The summed E-state index contributed by atoms with van der Waals surface area (Å²) < 4.78 is 27.5. The summed E-state index contributed by atoms with van der Waals surface area (Å²) in [7, 11) is -3.11. The highest BCUT2D eigenvalue weighted by Gasteiger charge is 2.32. The van der Waals surface area contributed by atoms with Crippen LogP contribution in [0.5, 0.6) is 0 Å². The maximum absolute atomic E-state index is 12.3. The second-order valence-electron chi connectivity index (χ2n) is 6.55. The number of nitrogens with one attached hydrogen (secondary N) is 2. The van der Waals surface area contributed by atoms with E-state index in [1.165, 1.54) is 0 Å². The summed E-state index contributed by atoms with van der Waals surface area (Å²) in [6.07, 6.45) is 5.69. The molecule has 4 nitrogen and oxygen atoms in total. The normalized spacial score (nSPS) is 27.2. The quantitative estimate of drug-likeness (QED) is 0.822. The highest BCUT2D eigenvalue weighted by atomic mass is 32.2. The van der Waals surface area contributed by atoms with Gasteiger partial charge in [0, 0.05) is 6.04 Å². The Balaban J connectivity index is 1.88. The first-order chi connectivity index (χ1) is 8.39. The van der Waals surface area contributed by atoms with Crippen molar-refractivity contribution in [2.24, 2.45) is 5.41 Å². The Morgan fingerprint density at radius 2 is 1.61 bits per heavy atom. The van der Waals surface area contributed by atoms with Crippen LogP contribution in [0.25, 0.3) is 0 Å². The molecule has 5 heteroatoms. The van der Waals surface area contributed by atoms with Crippen LogP contribution in [0.3, 0.4) is 0 Å². The largest absolute Gasteiger partial charge is 0.317 e. The average molecular weight is 274 g/mol. The highest BCUT2D eigenvalue weighted by Crippen LogP contribution is 2.35. The lowest BCUT2D eigenvalue weighted by Gasteiger charge is -2.35. The van der Waals surface area contributed by atoms with Crippen LogP contribution >= 0.6 is 0 Å². The predicted molar refractivity (Wildman–Crippen MR) is 74.0 cm³/mol. The fourth-order valence-electron chi connectivity index (χ4n) is 2.95. The molecule has 0 radical (unpaired) electrons. The maximum Gasteiger partial charge on any atom is 0.214 e. The zero-order valence-electron chi connectivity index (χ0n) is 11.5. The lowest BCUT2D eigenvalue weighted by atomic mass is 9.76. The molecule has 0 amide bonds. The summed E-state index contributed by atoms with van der Waals surface area (Å²) in [6, 6.07) is 0.165. The number of sulfonamides is 1. The molecule has 2 rings (SSSR count). The Bertz CT molecular complexity index is 362. The molecule has 1 aliphatic carbocycles. The van der Waals surface area contributed by atoms with Gasteiger partial charge in [0.05, 0.1) is 5.25 Å². The van der Waals surface area contributed by atoms with Crippen LogP contribution < -0.4 is 10.0 Å². The number of hydrogen-bond donors (Lipinski definition) is 2. The predicted octanol–water partition coefficient (Wildman–Crippen LogP) is 1.63. The van der Waals surface area contributed by atoms with Crippen LogP contribution in [-0.4, -0.2) is 32.8 Å². The van der Waals surface area contributed by atoms with Crippen molar-refractivity contribution < 1.29 is 8.42 Å². The molecular weight excluding hydrogens is 248 g/mol.